The summed E-state index contributed by atoms with van der Waals surface area (Å²) in [6, 6.07) is 0.769. The Morgan fingerprint density at radius 2 is 2.13 bits per heavy atom. The van der Waals surface area contributed by atoms with Gasteiger partial charge < -0.3 is 10.2 Å². The molecule has 1 aliphatic heterocycles. The first kappa shape index (κ1) is 13.3. The molecule has 1 N–H and O–H groups in total. The van der Waals surface area contributed by atoms with E-state index in [1.165, 1.54) is 38.2 Å². The number of rotatable bonds is 7. The van der Waals surface area contributed by atoms with Gasteiger partial charge in [0.1, 0.15) is 0 Å². The molecule has 1 saturated heterocycles. The van der Waals surface area contributed by atoms with Gasteiger partial charge in [0.2, 0.25) is 0 Å². The van der Waals surface area contributed by atoms with Crippen molar-refractivity contribution >= 4 is 11.8 Å². The van der Waals surface area contributed by atoms with Gasteiger partial charge in [0.05, 0.1) is 0 Å². The highest BCUT2D eigenvalue weighted by Gasteiger charge is 2.20. The van der Waals surface area contributed by atoms with Crippen molar-refractivity contribution in [2.75, 3.05) is 31.9 Å². The summed E-state index contributed by atoms with van der Waals surface area (Å²) in [6.45, 7) is 11.6. The third kappa shape index (κ3) is 5.23. The van der Waals surface area contributed by atoms with Gasteiger partial charge in [-0.05, 0) is 25.9 Å². The second-order valence-electron chi connectivity index (χ2n) is 4.46. The molecule has 1 aliphatic rings. The lowest BCUT2D eigenvalue weighted by molar-refractivity contribution is 0.283. The maximum Gasteiger partial charge on any atom is 0.0169 e. The summed E-state index contributed by atoms with van der Waals surface area (Å²) in [4.78, 5) is 2.53. The Balaban J connectivity index is 2.04. The van der Waals surface area contributed by atoms with Crippen LogP contribution in [0.1, 0.15) is 33.6 Å². The Bertz CT molecular complexity index is 160. The maximum absolute atomic E-state index is 3.67. The van der Waals surface area contributed by atoms with Gasteiger partial charge in [0.25, 0.3) is 0 Å². The molecule has 0 aromatic heterocycles. The molecular formula is C12H26N2S. The molecular weight excluding hydrogens is 204 g/mol. The Hall–Kier alpha value is 0.270. The molecule has 1 rings (SSSR count). The first-order valence-corrected chi connectivity index (χ1v) is 7.38. The van der Waals surface area contributed by atoms with Crippen molar-refractivity contribution in [3.05, 3.63) is 0 Å². The van der Waals surface area contributed by atoms with E-state index in [9.17, 15) is 0 Å². The molecule has 3 heteroatoms. The van der Waals surface area contributed by atoms with E-state index in [1.807, 2.05) is 0 Å². The lowest BCUT2D eigenvalue weighted by Crippen LogP contribution is -2.37. The highest BCUT2D eigenvalue weighted by molar-refractivity contribution is 8.00. The fourth-order valence-corrected chi connectivity index (χ4v) is 3.31. The number of nitrogens with one attached hydrogen (secondary N) is 1. The van der Waals surface area contributed by atoms with E-state index in [4.69, 9.17) is 0 Å². The van der Waals surface area contributed by atoms with Crippen LogP contribution in [0.2, 0.25) is 0 Å². The Morgan fingerprint density at radius 3 is 2.67 bits per heavy atom. The van der Waals surface area contributed by atoms with Crippen molar-refractivity contribution < 1.29 is 0 Å². The second kappa shape index (κ2) is 7.53. The van der Waals surface area contributed by atoms with E-state index in [-0.39, 0.29) is 0 Å². The van der Waals surface area contributed by atoms with Gasteiger partial charge in [0.15, 0.2) is 0 Å². The molecule has 0 aromatic rings. The van der Waals surface area contributed by atoms with Gasteiger partial charge >= 0.3 is 0 Å². The summed E-state index contributed by atoms with van der Waals surface area (Å²) in [5, 5.41) is 4.53. The van der Waals surface area contributed by atoms with Crippen molar-refractivity contribution in [1.29, 1.82) is 0 Å². The van der Waals surface area contributed by atoms with Crippen molar-refractivity contribution in [1.82, 2.24) is 10.2 Å². The van der Waals surface area contributed by atoms with Crippen LogP contribution in [0.15, 0.2) is 0 Å². The highest BCUT2D eigenvalue weighted by Crippen LogP contribution is 2.25. The average Bonchev–Trinajstić information content (AvgIpc) is 2.63. The number of likely N-dealkylation sites (N-methyl/N-ethyl adjacent to an activating group) is 1. The van der Waals surface area contributed by atoms with Crippen molar-refractivity contribution in [2.45, 2.75) is 44.9 Å². The molecule has 0 saturated carbocycles. The molecule has 2 atom stereocenters. The molecule has 2 nitrogen and oxygen atoms in total. The van der Waals surface area contributed by atoms with Crippen LogP contribution in [-0.2, 0) is 0 Å². The quantitative estimate of drug-likeness (QED) is 0.722. The third-order valence-electron chi connectivity index (χ3n) is 3.05. The molecule has 0 radical (unpaired) electrons. The SMILES string of the molecule is CCCN(CC)CCNC1CSC(C)C1. The van der Waals surface area contributed by atoms with Crippen LogP contribution >= 0.6 is 11.8 Å². The fourth-order valence-electron chi connectivity index (χ4n) is 2.13. The van der Waals surface area contributed by atoms with E-state index < -0.39 is 0 Å². The van der Waals surface area contributed by atoms with E-state index in [1.54, 1.807) is 0 Å². The standard InChI is InChI=1S/C12H26N2S/c1-4-7-14(5-2)8-6-13-12-9-11(3)15-10-12/h11-13H,4-10H2,1-3H3. The molecule has 0 amide bonds. The zero-order valence-electron chi connectivity index (χ0n) is 10.5. The summed E-state index contributed by atoms with van der Waals surface area (Å²) in [5.74, 6) is 1.31. The molecule has 15 heavy (non-hydrogen) atoms. The topological polar surface area (TPSA) is 15.3 Å². The largest absolute Gasteiger partial charge is 0.312 e. The summed E-state index contributed by atoms with van der Waals surface area (Å²) in [7, 11) is 0. The first-order valence-electron chi connectivity index (χ1n) is 6.33. The van der Waals surface area contributed by atoms with Crippen LogP contribution in [0.25, 0.3) is 0 Å². The van der Waals surface area contributed by atoms with Crippen LogP contribution in [0.3, 0.4) is 0 Å². The molecule has 0 aromatic carbocycles. The number of thioether (sulfide) groups is 1. The van der Waals surface area contributed by atoms with Gasteiger partial charge in [-0.15, -0.1) is 0 Å². The lowest BCUT2D eigenvalue weighted by atomic mass is 10.2. The van der Waals surface area contributed by atoms with Crippen LogP contribution in [0.4, 0.5) is 0 Å². The van der Waals surface area contributed by atoms with Crippen molar-refractivity contribution in [2.24, 2.45) is 0 Å². The molecule has 2 unspecified atom stereocenters. The maximum atomic E-state index is 3.67. The number of nitrogens with zero attached hydrogens (tertiary/aromatic N) is 1. The van der Waals surface area contributed by atoms with Crippen molar-refractivity contribution in [3.8, 4) is 0 Å². The first-order chi connectivity index (χ1) is 7.26. The summed E-state index contributed by atoms with van der Waals surface area (Å²) >= 11 is 2.10. The zero-order chi connectivity index (χ0) is 11.1. The van der Waals surface area contributed by atoms with Gasteiger partial charge in [-0.3, -0.25) is 0 Å². The van der Waals surface area contributed by atoms with Crippen molar-refractivity contribution in [3.63, 3.8) is 0 Å². The van der Waals surface area contributed by atoms with Crippen LogP contribution in [-0.4, -0.2) is 48.1 Å². The lowest BCUT2D eigenvalue weighted by Gasteiger charge is -2.21. The summed E-state index contributed by atoms with van der Waals surface area (Å²) in [6.07, 6.45) is 2.62. The van der Waals surface area contributed by atoms with Crippen LogP contribution < -0.4 is 5.32 Å². The molecule has 1 heterocycles. The van der Waals surface area contributed by atoms with Gasteiger partial charge in [0, 0.05) is 30.1 Å². The zero-order valence-corrected chi connectivity index (χ0v) is 11.3. The van der Waals surface area contributed by atoms with Gasteiger partial charge in [-0.2, -0.15) is 11.8 Å². The molecule has 90 valence electrons. The highest BCUT2D eigenvalue weighted by atomic mass is 32.2. The predicted molar refractivity (Wildman–Crippen MR) is 70.7 cm³/mol. The van der Waals surface area contributed by atoms with E-state index in [0.29, 0.717) is 0 Å². The minimum Gasteiger partial charge on any atom is -0.312 e. The predicted octanol–water partition coefficient (Wildman–Crippen LogP) is 2.20. The monoisotopic (exact) mass is 230 g/mol. The summed E-state index contributed by atoms with van der Waals surface area (Å²) < 4.78 is 0. The molecule has 0 aliphatic carbocycles. The van der Waals surface area contributed by atoms with Gasteiger partial charge in [-0.1, -0.05) is 20.8 Å². The normalized spacial score (nSPS) is 26.4. The van der Waals surface area contributed by atoms with E-state index in [0.717, 1.165) is 17.8 Å². The molecule has 1 fully saturated rings. The fraction of sp³-hybridized carbons (Fsp3) is 1.00. The average molecular weight is 230 g/mol. The smallest absolute Gasteiger partial charge is 0.0169 e. The van der Waals surface area contributed by atoms with E-state index >= 15 is 0 Å². The molecule has 0 spiro atoms. The van der Waals surface area contributed by atoms with Gasteiger partial charge in [-0.25, -0.2) is 0 Å². The third-order valence-corrected chi connectivity index (χ3v) is 4.40. The molecule has 0 bridgehead atoms. The Morgan fingerprint density at radius 1 is 1.33 bits per heavy atom. The van der Waals surface area contributed by atoms with E-state index in [2.05, 4.69) is 42.7 Å². The Kier molecular flexibility index (Phi) is 6.69. The van der Waals surface area contributed by atoms with Crippen LogP contribution in [0.5, 0.6) is 0 Å². The minimum atomic E-state index is 0.769. The number of hydrogen-bond acceptors (Lipinski definition) is 3. The second-order valence-corrected chi connectivity index (χ2v) is 5.94. The number of hydrogen-bond donors (Lipinski definition) is 1. The Labute approximate surface area is 99.2 Å². The van der Waals surface area contributed by atoms with Crippen LogP contribution in [0, 0.1) is 0 Å². The minimum absolute atomic E-state index is 0.769. The summed E-state index contributed by atoms with van der Waals surface area (Å²) in [5.41, 5.74) is 0.